The summed E-state index contributed by atoms with van der Waals surface area (Å²) in [5, 5.41) is 39.1. The Bertz CT molecular complexity index is 590. The molecule has 9 atom stereocenters. The smallest absolute Gasteiger partial charge is 0.339 e. The van der Waals surface area contributed by atoms with Crippen LogP contribution in [0.1, 0.15) is 6.42 Å². The zero-order valence-corrected chi connectivity index (χ0v) is 14.7. The molecular formula is C17H24O10. The minimum absolute atomic E-state index is 0.321. The third-order valence-corrected chi connectivity index (χ3v) is 5.08. The number of aliphatic hydroxyl groups excluding tert-OH is 4. The number of cyclic esters (lactones) is 1. The Hall–Kier alpha value is -1.53. The number of ether oxygens (including phenoxy) is 5. The van der Waals surface area contributed by atoms with Gasteiger partial charge in [0.1, 0.15) is 24.4 Å². The Labute approximate surface area is 155 Å². The van der Waals surface area contributed by atoms with E-state index in [1.807, 2.05) is 0 Å². The Morgan fingerprint density at radius 1 is 1.26 bits per heavy atom. The molecule has 2 saturated heterocycles. The van der Waals surface area contributed by atoms with E-state index in [-0.39, 0.29) is 5.92 Å². The molecule has 3 heterocycles. The molecule has 0 unspecified atom stereocenters. The van der Waals surface area contributed by atoms with E-state index in [1.54, 1.807) is 6.08 Å². The molecule has 0 aliphatic carbocycles. The molecule has 0 bridgehead atoms. The Kier molecular flexibility index (Phi) is 6.16. The number of hydrogen-bond donors (Lipinski definition) is 4. The lowest BCUT2D eigenvalue weighted by atomic mass is 9.80. The van der Waals surface area contributed by atoms with E-state index in [9.17, 15) is 25.2 Å². The zero-order valence-electron chi connectivity index (χ0n) is 14.7. The van der Waals surface area contributed by atoms with Crippen molar-refractivity contribution in [1.82, 2.24) is 0 Å². The van der Waals surface area contributed by atoms with Gasteiger partial charge in [-0.1, -0.05) is 6.08 Å². The maximum Gasteiger partial charge on any atom is 0.339 e. The molecule has 27 heavy (non-hydrogen) atoms. The van der Waals surface area contributed by atoms with Crippen molar-refractivity contribution in [3.8, 4) is 0 Å². The van der Waals surface area contributed by atoms with Gasteiger partial charge in [-0.2, -0.15) is 0 Å². The van der Waals surface area contributed by atoms with E-state index in [0.717, 1.165) is 0 Å². The van der Waals surface area contributed by atoms with E-state index in [0.29, 0.717) is 12.0 Å². The van der Waals surface area contributed by atoms with Crippen molar-refractivity contribution in [3.05, 3.63) is 24.5 Å². The van der Waals surface area contributed by atoms with Crippen molar-refractivity contribution in [2.45, 2.75) is 49.7 Å². The summed E-state index contributed by atoms with van der Waals surface area (Å²) in [7, 11) is 1.43. The van der Waals surface area contributed by atoms with Crippen LogP contribution in [0, 0.1) is 11.8 Å². The molecule has 2 fully saturated rings. The van der Waals surface area contributed by atoms with E-state index < -0.39 is 61.8 Å². The summed E-state index contributed by atoms with van der Waals surface area (Å²) in [4.78, 5) is 12.1. The van der Waals surface area contributed by atoms with Crippen molar-refractivity contribution in [2.24, 2.45) is 11.8 Å². The number of methoxy groups -OCH3 is 1. The lowest BCUT2D eigenvalue weighted by Crippen LogP contribution is -2.60. The maximum atomic E-state index is 12.1. The van der Waals surface area contributed by atoms with Crippen molar-refractivity contribution >= 4 is 5.97 Å². The summed E-state index contributed by atoms with van der Waals surface area (Å²) < 4.78 is 26.7. The van der Waals surface area contributed by atoms with Crippen LogP contribution in [0.3, 0.4) is 0 Å². The van der Waals surface area contributed by atoms with Gasteiger partial charge in [0, 0.05) is 25.4 Å². The Morgan fingerprint density at radius 2 is 2.00 bits per heavy atom. The number of fused-ring (bicyclic) bond motifs is 1. The predicted octanol–water partition coefficient (Wildman–Crippen LogP) is -1.62. The lowest BCUT2D eigenvalue weighted by molar-refractivity contribution is -0.340. The number of rotatable bonds is 5. The summed E-state index contributed by atoms with van der Waals surface area (Å²) in [6.07, 6.45) is -5.65. The number of esters is 1. The van der Waals surface area contributed by atoms with Gasteiger partial charge in [0.15, 0.2) is 6.29 Å². The van der Waals surface area contributed by atoms with Crippen LogP contribution in [0.5, 0.6) is 0 Å². The highest BCUT2D eigenvalue weighted by Crippen LogP contribution is 2.40. The number of aliphatic hydroxyl groups is 4. The molecule has 3 aliphatic heterocycles. The predicted molar refractivity (Wildman–Crippen MR) is 86.5 cm³/mol. The van der Waals surface area contributed by atoms with Gasteiger partial charge >= 0.3 is 5.97 Å². The fourth-order valence-electron chi connectivity index (χ4n) is 3.50. The maximum absolute atomic E-state index is 12.1. The summed E-state index contributed by atoms with van der Waals surface area (Å²) in [5.74, 6) is -1.41. The van der Waals surface area contributed by atoms with Crippen LogP contribution in [-0.4, -0.2) is 83.4 Å². The minimum atomic E-state index is -1.57. The van der Waals surface area contributed by atoms with Crippen molar-refractivity contribution in [1.29, 1.82) is 0 Å². The van der Waals surface area contributed by atoms with Crippen molar-refractivity contribution in [2.75, 3.05) is 13.7 Å². The standard InChI is InChI=1S/C17H24O10/c1-3-7-8-4-11(23-2)26-15(22)9(8)6-24-16(7)27-17-14(21)13(20)12(19)10(5-18)25-17/h3,6-8,10-14,16-21H,1,4-5H2,2H3/t7-,8+,10-,11-,12-,13+,14-,16+,17+/m1/s1. The molecular weight excluding hydrogens is 364 g/mol. The van der Waals surface area contributed by atoms with Crippen LogP contribution < -0.4 is 0 Å². The van der Waals surface area contributed by atoms with Crippen LogP contribution >= 0.6 is 0 Å². The van der Waals surface area contributed by atoms with Crippen molar-refractivity contribution < 1.29 is 48.9 Å². The van der Waals surface area contributed by atoms with Gasteiger partial charge in [0.25, 0.3) is 0 Å². The van der Waals surface area contributed by atoms with Gasteiger partial charge in [-0.05, 0) is 0 Å². The molecule has 0 aromatic heterocycles. The van der Waals surface area contributed by atoms with Crippen LogP contribution in [0.4, 0.5) is 0 Å². The van der Waals surface area contributed by atoms with Crippen LogP contribution in [-0.2, 0) is 28.5 Å². The normalized spacial score (nSPS) is 44.6. The highest BCUT2D eigenvalue weighted by Gasteiger charge is 2.49. The molecule has 10 nitrogen and oxygen atoms in total. The summed E-state index contributed by atoms with van der Waals surface area (Å²) >= 11 is 0. The average molecular weight is 388 g/mol. The molecule has 0 spiro atoms. The molecule has 0 aromatic carbocycles. The number of carbonyl (C=O) groups is 1. The van der Waals surface area contributed by atoms with Gasteiger partial charge in [0.05, 0.1) is 18.4 Å². The largest absolute Gasteiger partial charge is 0.471 e. The second kappa shape index (κ2) is 8.23. The molecule has 0 saturated carbocycles. The fourth-order valence-corrected chi connectivity index (χ4v) is 3.50. The first-order chi connectivity index (χ1) is 12.9. The highest BCUT2D eigenvalue weighted by atomic mass is 16.8. The van der Waals surface area contributed by atoms with Crippen LogP contribution in [0.15, 0.2) is 24.5 Å². The molecule has 4 N–H and O–H groups in total. The molecule has 0 radical (unpaired) electrons. The minimum Gasteiger partial charge on any atom is -0.471 e. The topological polar surface area (TPSA) is 144 Å². The second-order valence-electron chi connectivity index (χ2n) is 6.64. The first kappa shape index (κ1) is 20.2. The SMILES string of the molecule is C=C[C@H]1[C@H](O[C@@H]2O[C@H](CO)[C@@H](O)[C@H](O)[C@H]2O)OC=C2C(=O)O[C@@H](OC)C[C@H]21. The van der Waals surface area contributed by atoms with Gasteiger partial charge < -0.3 is 44.1 Å². The van der Waals surface area contributed by atoms with Gasteiger partial charge in [-0.15, -0.1) is 6.58 Å². The molecule has 152 valence electrons. The number of carbonyl (C=O) groups excluding carboxylic acids is 1. The zero-order chi connectivity index (χ0) is 19.7. The first-order valence-corrected chi connectivity index (χ1v) is 8.59. The fraction of sp³-hybridized carbons (Fsp3) is 0.706. The van der Waals surface area contributed by atoms with E-state index in [2.05, 4.69) is 6.58 Å². The van der Waals surface area contributed by atoms with Gasteiger partial charge in [-0.25, -0.2) is 4.79 Å². The molecule has 3 aliphatic rings. The highest BCUT2D eigenvalue weighted by molar-refractivity contribution is 5.89. The van der Waals surface area contributed by atoms with Crippen LogP contribution in [0.25, 0.3) is 0 Å². The van der Waals surface area contributed by atoms with E-state index in [4.69, 9.17) is 23.7 Å². The van der Waals surface area contributed by atoms with Gasteiger partial charge in [-0.3, -0.25) is 0 Å². The monoisotopic (exact) mass is 388 g/mol. The molecule has 0 aromatic rings. The first-order valence-electron chi connectivity index (χ1n) is 8.59. The van der Waals surface area contributed by atoms with E-state index in [1.165, 1.54) is 13.4 Å². The van der Waals surface area contributed by atoms with Crippen LogP contribution in [0.2, 0.25) is 0 Å². The Morgan fingerprint density at radius 3 is 2.63 bits per heavy atom. The van der Waals surface area contributed by atoms with E-state index >= 15 is 0 Å². The molecule has 10 heteroatoms. The lowest BCUT2D eigenvalue weighted by Gasteiger charge is -2.44. The summed E-state index contributed by atoms with van der Waals surface area (Å²) in [6, 6.07) is 0. The summed E-state index contributed by atoms with van der Waals surface area (Å²) in [5.41, 5.74) is 0.321. The molecule has 0 amide bonds. The average Bonchev–Trinajstić information content (AvgIpc) is 2.67. The summed E-state index contributed by atoms with van der Waals surface area (Å²) in [6.45, 7) is 3.18. The third-order valence-electron chi connectivity index (χ3n) is 5.08. The number of hydrogen-bond acceptors (Lipinski definition) is 10. The Balaban J connectivity index is 1.77. The third kappa shape index (κ3) is 3.74. The van der Waals surface area contributed by atoms with Crippen molar-refractivity contribution in [3.63, 3.8) is 0 Å². The molecule has 3 rings (SSSR count). The second-order valence-corrected chi connectivity index (χ2v) is 6.64. The quantitative estimate of drug-likeness (QED) is 0.320. The van der Waals surface area contributed by atoms with Gasteiger partial charge in [0.2, 0.25) is 12.6 Å².